The summed E-state index contributed by atoms with van der Waals surface area (Å²) in [6.07, 6.45) is 1.15. The first-order valence-corrected chi connectivity index (χ1v) is 9.69. The Morgan fingerprint density at radius 3 is 2.45 bits per heavy atom. The average Bonchev–Trinajstić information content (AvgIpc) is 2.74. The monoisotopic (exact) mass is 442 g/mol. The maximum Gasteiger partial charge on any atom is 0.161 e. The molecule has 3 rings (SSSR count). The second-order valence-electron chi connectivity index (χ2n) is 6.74. The lowest BCUT2D eigenvalue weighted by Gasteiger charge is -2.26. The lowest BCUT2D eigenvalue weighted by molar-refractivity contribution is 0.0374. The van der Waals surface area contributed by atoms with Crippen LogP contribution in [0.3, 0.4) is 0 Å². The highest BCUT2D eigenvalue weighted by Crippen LogP contribution is 2.28. The first-order chi connectivity index (χ1) is 13.3. The second-order valence-corrected chi connectivity index (χ2v) is 6.74. The Morgan fingerprint density at radius 1 is 0.966 bits per heavy atom. The number of nitrogens with one attached hydrogen (secondary N) is 1. The third-order valence-corrected chi connectivity index (χ3v) is 4.73. The first kappa shape index (κ1) is 25.5. The molecule has 29 heavy (non-hydrogen) atoms. The summed E-state index contributed by atoms with van der Waals surface area (Å²) in [5.41, 5.74) is 2.34. The molecular weight excluding hydrogens is 411 g/mol. The van der Waals surface area contributed by atoms with E-state index in [1.165, 1.54) is 5.56 Å². The SMILES string of the molecule is COc1cc(CNCCCN2CCOCC2)ccc1OCc1ccccc1.Cl.Cl. The molecule has 0 aliphatic carbocycles. The molecule has 162 valence electrons. The summed E-state index contributed by atoms with van der Waals surface area (Å²) in [6.45, 7) is 7.35. The third-order valence-electron chi connectivity index (χ3n) is 4.73. The van der Waals surface area contributed by atoms with Crippen LogP contribution in [0.5, 0.6) is 11.5 Å². The van der Waals surface area contributed by atoms with Crippen LogP contribution < -0.4 is 14.8 Å². The summed E-state index contributed by atoms with van der Waals surface area (Å²) in [6, 6.07) is 16.3. The topological polar surface area (TPSA) is 43.0 Å². The highest BCUT2D eigenvalue weighted by atomic mass is 35.5. The molecule has 1 fully saturated rings. The Kier molecular flexibility index (Phi) is 12.7. The lowest BCUT2D eigenvalue weighted by Crippen LogP contribution is -2.37. The summed E-state index contributed by atoms with van der Waals surface area (Å²) in [5.74, 6) is 1.55. The largest absolute Gasteiger partial charge is 0.493 e. The number of halogens is 2. The molecule has 7 heteroatoms. The summed E-state index contributed by atoms with van der Waals surface area (Å²) in [4.78, 5) is 2.47. The Balaban J connectivity index is 0.00000210. The molecule has 0 atom stereocenters. The average molecular weight is 443 g/mol. The highest BCUT2D eigenvalue weighted by Gasteiger charge is 2.09. The van der Waals surface area contributed by atoms with Crippen molar-refractivity contribution in [3.8, 4) is 11.5 Å². The number of methoxy groups -OCH3 is 1. The zero-order valence-corrected chi connectivity index (χ0v) is 18.6. The fraction of sp³-hybridized carbons (Fsp3) is 0.455. The standard InChI is InChI=1S/C22H30N2O3.2ClH/c1-25-22-16-20(17-23-10-5-11-24-12-14-26-15-13-24)8-9-21(22)27-18-19-6-3-2-4-7-19;;/h2-4,6-9,16,23H,5,10-15,17-18H2,1H3;2*1H. The maximum absolute atomic E-state index is 5.92. The predicted molar refractivity (Wildman–Crippen MR) is 122 cm³/mol. The molecule has 1 N–H and O–H groups in total. The van der Waals surface area contributed by atoms with Crippen molar-refractivity contribution in [2.75, 3.05) is 46.5 Å². The van der Waals surface area contributed by atoms with Crippen LogP contribution in [0.15, 0.2) is 48.5 Å². The molecule has 0 bridgehead atoms. The molecule has 0 amide bonds. The molecule has 1 saturated heterocycles. The number of hydrogen-bond acceptors (Lipinski definition) is 5. The Bertz CT molecular complexity index is 683. The van der Waals surface area contributed by atoms with E-state index in [4.69, 9.17) is 14.2 Å². The second kappa shape index (κ2) is 14.5. The van der Waals surface area contributed by atoms with Crippen LogP contribution in [-0.2, 0) is 17.9 Å². The maximum atomic E-state index is 5.92. The van der Waals surface area contributed by atoms with E-state index in [9.17, 15) is 0 Å². The Labute approximate surface area is 186 Å². The molecule has 0 spiro atoms. The quantitative estimate of drug-likeness (QED) is 0.564. The van der Waals surface area contributed by atoms with Gasteiger partial charge in [0.05, 0.1) is 20.3 Å². The van der Waals surface area contributed by atoms with E-state index in [-0.39, 0.29) is 24.8 Å². The molecule has 2 aromatic rings. The number of benzene rings is 2. The van der Waals surface area contributed by atoms with Crippen molar-refractivity contribution < 1.29 is 14.2 Å². The molecule has 5 nitrogen and oxygen atoms in total. The number of morpholine rings is 1. The van der Waals surface area contributed by atoms with E-state index in [2.05, 4.69) is 34.5 Å². The van der Waals surface area contributed by atoms with Crippen LogP contribution in [0.4, 0.5) is 0 Å². The van der Waals surface area contributed by atoms with Gasteiger partial charge >= 0.3 is 0 Å². The van der Waals surface area contributed by atoms with Crippen molar-refractivity contribution in [3.05, 3.63) is 59.7 Å². The van der Waals surface area contributed by atoms with Gasteiger partial charge in [0.2, 0.25) is 0 Å². The van der Waals surface area contributed by atoms with E-state index < -0.39 is 0 Å². The minimum atomic E-state index is 0. The Morgan fingerprint density at radius 2 is 1.72 bits per heavy atom. The minimum absolute atomic E-state index is 0. The lowest BCUT2D eigenvalue weighted by atomic mass is 10.2. The summed E-state index contributed by atoms with van der Waals surface area (Å²) in [5, 5.41) is 3.52. The van der Waals surface area contributed by atoms with Gasteiger partial charge in [0.1, 0.15) is 6.61 Å². The van der Waals surface area contributed by atoms with Crippen molar-refractivity contribution in [2.24, 2.45) is 0 Å². The molecular formula is C22H32Cl2N2O3. The minimum Gasteiger partial charge on any atom is -0.493 e. The van der Waals surface area contributed by atoms with Crippen LogP contribution in [-0.4, -0.2) is 51.4 Å². The fourth-order valence-corrected chi connectivity index (χ4v) is 3.16. The van der Waals surface area contributed by atoms with Gasteiger partial charge in [0.25, 0.3) is 0 Å². The van der Waals surface area contributed by atoms with Crippen molar-refractivity contribution in [3.63, 3.8) is 0 Å². The molecule has 1 aliphatic rings. The van der Waals surface area contributed by atoms with Crippen molar-refractivity contribution in [1.29, 1.82) is 0 Å². The van der Waals surface area contributed by atoms with Gasteiger partial charge in [-0.3, -0.25) is 4.90 Å². The van der Waals surface area contributed by atoms with Gasteiger partial charge in [0, 0.05) is 19.6 Å². The molecule has 2 aromatic carbocycles. The summed E-state index contributed by atoms with van der Waals surface area (Å²) < 4.78 is 16.8. The van der Waals surface area contributed by atoms with Crippen LogP contribution >= 0.6 is 24.8 Å². The van der Waals surface area contributed by atoms with Crippen LogP contribution in [0.1, 0.15) is 17.5 Å². The highest BCUT2D eigenvalue weighted by molar-refractivity contribution is 5.85. The van der Waals surface area contributed by atoms with E-state index >= 15 is 0 Å². The van der Waals surface area contributed by atoms with Crippen LogP contribution in [0.2, 0.25) is 0 Å². The summed E-state index contributed by atoms with van der Waals surface area (Å²) in [7, 11) is 1.68. The number of rotatable bonds is 10. The predicted octanol–water partition coefficient (Wildman–Crippen LogP) is 3.93. The van der Waals surface area contributed by atoms with Gasteiger partial charge in [-0.2, -0.15) is 0 Å². The Hall–Kier alpha value is -1.50. The van der Waals surface area contributed by atoms with Gasteiger partial charge in [-0.05, 0) is 42.8 Å². The van der Waals surface area contributed by atoms with Crippen LogP contribution in [0, 0.1) is 0 Å². The van der Waals surface area contributed by atoms with Gasteiger partial charge < -0.3 is 19.5 Å². The molecule has 0 radical (unpaired) electrons. The zero-order valence-electron chi connectivity index (χ0n) is 17.0. The van der Waals surface area contributed by atoms with Gasteiger partial charge in [0.15, 0.2) is 11.5 Å². The van der Waals surface area contributed by atoms with Crippen LogP contribution in [0.25, 0.3) is 0 Å². The molecule has 0 saturated carbocycles. The summed E-state index contributed by atoms with van der Waals surface area (Å²) >= 11 is 0. The van der Waals surface area contributed by atoms with E-state index in [1.54, 1.807) is 7.11 Å². The van der Waals surface area contributed by atoms with Crippen molar-refractivity contribution >= 4 is 24.8 Å². The number of hydrogen-bond donors (Lipinski definition) is 1. The van der Waals surface area contributed by atoms with Gasteiger partial charge in [-0.15, -0.1) is 24.8 Å². The van der Waals surface area contributed by atoms with Gasteiger partial charge in [-0.25, -0.2) is 0 Å². The van der Waals surface area contributed by atoms with Crippen molar-refractivity contribution in [2.45, 2.75) is 19.6 Å². The van der Waals surface area contributed by atoms with Crippen molar-refractivity contribution in [1.82, 2.24) is 10.2 Å². The number of nitrogens with zero attached hydrogens (tertiary/aromatic N) is 1. The number of ether oxygens (including phenoxy) is 3. The third kappa shape index (κ3) is 8.81. The molecule has 0 unspecified atom stereocenters. The molecule has 0 aromatic heterocycles. The van der Waals surface area contributed by atoms with E-state index in [1.807, 2.05) is 24.3 Å². The smallest absolute Gasteiger partial charge is 0.161 e. The molecule has 1 aliphatic heterocycles. The van der Waals surface area contributed by atoms with E-state index in [0.29, 0.717) is 6.61 Å². The van der Waals surface area contributed by atoms with Gasteiger partial charge in [-0.1, -0.05) is 36.4 Å². The first-order valence-electron chi connectivity index (χ1n) is 9.69. The normalized spacial score (nSPS) is 13.8. The fourth-order valence-electron chi connectivity index (χ4n) is 3.16. The van der Waals surface area contributed by atoms with E-state index in [0.717, 1.165) is 69.4 Å². The molecule has 1 heterocycles. The zero-order chi connectivity index (χ0) is 18.7.